The Morgan fingerprint density at radius 3 is 2.72 bits per heavy atom. The van der Waals surface area contributed by atoms with E-state index in [4.69, 9.17) is 9.47 Å². The van der Waals surface area contributed by atoms with Crippen LogP contribution < -0.4 is 0 Å². The van der Waals surface area contributed by atoms with Crippen LogP contribution in [0.4, 0.5) is 0 Å². The highest BCUT2D eigenvalue weighted by Gasteiger charge is 2.38. The van der Waals surface area contributed by atoms with Gasteiger partial charge in [-0.2, -0.15) is 0 Å². The van der Waals surface area contributed by atoms with E-state index in [0.29, 0.717) is 12.8 Å². The lowest BCUT2D eigenvalue weighted by Crippen LogP contribution is -2.44. The van der Waals surface area contributed by atoms with Crippen molar-refractivity contribution in [2.75, 3.05) is 6.61 Å². The lowest BCUT2D eigenvalue weighted by Gasteiger charge is -2.39. The van der Waals surface area contributed by atoms with Gasteiger partial charge in [0.05, 0.1) is 12.2 Å². The summed E-state index contributed by atoms with van der Waals surface area (Å²) in [6, 6.07) is 0. The van der Waals surface area contributed by atoms with Gasteiger partial charge in [0.1, 0.15) is 6.29 Å². The fourth-order valence-electron chi connectivity index (χ4n) is 2.36. The monoisotopic (exact) mass is 258 g/mol. The zero-order chi connectivity index (χ0) is 13.6. The maximum absolute atomic E-state index is 10.8. The molecule has 3 atom stereocenters. The highest BCUT2D eigenvalue weighted by Crippen LogP contribution is 2.33. The molecule has 0 radical (unpaired) electrons. The van der Waals surface area contributed by atoms with Crippen molar-refractivity contribution in [1.29, 1.82) is 0 Å². The first kappa shape index (κ1) is 15.6. The number of hydrogen-bond acceptors (Lipinski definition) is 4. The number of carbonyl (C=O) groups is 1. The van der Waals surface area contributed by atoms with Gasteiger partial charge in [-0.3, -0.25) is 0 Å². The molecule has 4 nitrogen and oxygen atoms in total. The predicted octanol–water partition coefficient (Wildman–Crippen LogP) is 2.28. The van der Waals surface area contributed by atoms with E-state index in [1.165, 1.54) is 0 Å². The van der Waals surface area contributed by atoms with Gasteiger partial charge < -0.3 is 19.4 Å². The van der Waals surface area contributed by atoms with Gasteiger partial charge in [-0.05, 0) is 25.7 Å². The molecule has 0 spiro atoms. The Bertz CT molecular complexity index is 246. The summed E-state index contributed by atoms with van der Waals surface area (Å²) in [5.74, 6) is 0. The van der Waals surface area contributed by atoms with Crippen LogP contribution in [0, 0.1) is 5.41 Å². The van der Waals surface area contributed by atoms with E-state index in [1.807, 2.05) is 20.8 Å². The number of aliphatic hydroxyl groups is 1. The molecule has 1 saturated heterocycles. The van der Waals surface area contributed by atoms with Crippen molar-refractivity contribution in [2.24, 2.45) is 5.41 Å². The van der Waals surface area contributed by atoms with Crippen molar-refractivity contribution in [3.63, 3.8) is 0 Å². The fourth-order valence-corrected chi connectivity index (χ4v) is 2.36. The van der Waals surface area contributed by atoms with Crippen LogP contribution in [0.1, 0.15) is 52.9 Å². The van der Waals surface area contributed by atoms with Crippen LogP contribution in [0.2, 0.25) is 0 Å². The van der Waals surface area contributed by atoms with Crippen molar-refractivity contribution >= 4 is 6.29 Å². The van der Waals surface area contributed by atoms with Gasteiger partial charge in [-0.1, -0.05) is 20.8 Å². The van der Waals surface area contributed by atoms with Crippen LogP contribution in [0.15, 0.2) is 0 Å². The first-order chi connectivity index (χ1) is 8.52. The lowest BCUT2D eigenvalue weighted by atomic mass is 9.78. The SMILES string of the molecule is CC[C@H](O)C(C)(C)[C@H](CC=O)O[C@H]1CCCCO1. The standard InChI is InChI=1S/C14H26O4/c1-4-11(16)14(2,3)12(8-9-15)18-13-7-5-6-10-17-13/h9,11-13,16H,4-8,10H2,1-3H3/t11-,12-,13-/m0/s1. The molecule has 1 rings (SSSR count). The van der Waals surface area contributed by atoms with Crippen LogP contribution in [-0.4, -0.2) is 36.5 Å². The van der Waals surface area contributed by atoms with Gasteiger partial charge >= 0.3 is 0 Å². The second-order valence-corrected chi connectivity index (χ2v) is 5.57. The molecule has 1 N–H and O–H groups in total. The highest BCUT2D eigenvalue weighted by atomic mass is 16.7. The van der Waals surface area contributed by atoms with Crippen LogP contribution in [0.25, 0.3) is 0 Å². The summed E-state index contributed by atoms with van der Waals surface area (Å²) in [4.78, 5) is 10.8. The van der Waals surface area contributed by atoms with E-state index in [0.717, 1.165) is 32.2 Å². The van der Waals surface area contributed by atoms with E-state index < -0.39 is 11.5 Å². The number of hydrogen-bond donors (Lipinski definition) is 1. The number of carbonyl (C=O) groups excluding carboxylic acids is 1. The maximum atomic E-state index is 10.8. The molecule has 0 saturated carbocycles. The zero-order valence-corrected chi connectivity index (χ0v) is 11.7. The van der Waals surface area contributed by atoms with E-state index in [1.54, 1.807) is 0 Å². The Labute approximate surface area is 110 Å². The van der Waals surface area contributed by atoms with Crippen molar-refractivity contribution in [2.45, 2.75) is 71.4 Å². The average Bonchev–Trinajstić information content (AvgIpc) is 2.38. The molecule has 106 valence electrons. The predicted molar refractivity (Wildman–Crippen MR) is 69.2 cm³/mol. The van der Waals surface area contributed by atoms with E-state index >= 15 is 0 Å². The number of aldehydes is 1. The van der Waals surface area contributed by atoms with Gasteiger partial charge in [-0.25, -0.2) is 0 Å². The average molecular weight is 258 g/mol. The van der Waals surface area contributed by atoms with E-state index in [9.17, 15) is 9.90 Å². The van der Waals surface area contributed by atoms with Gasteiger partial charge in [0.15, 0.2) is 6.29 Å². The van der Waals surface area contributed by atoms with Crippen molar-refractivity contribution in [3.8, 4) is 0 Å². The maximum Gasteiger partial charge on any atom is 0.157 e. The quantitative estimate of drug-likeness (QED) is 0.712. The second-order valence-electron chi connectivity index (χ2n) is 5.57. The van der Waals surface area contributed by atoms with Crippen LogP contribution in [-0.2, 0) is 14.3 Å². The summed E-state index contributed by atoms with van der Waals surface area (Å²) < 4.78 is 11.4. The Morgan fingerprint density at radius 1 is 1.50 bits per heavy atom. The van der Waals surface area contributed by atoms with Crippen molar-refractivity contribution in [3.05, 3.63) is 0 Å². The molecule has 1 heterocycles. The topological polar surface area (TPSA) is 55.8 Å². The first-order valence-electron chi connectivity index (χ1n) is 6.91. The zero-order valence-electron chi connectivity index (χ0n) is 11.7. The molecule has 1 aliphatic rings. The molecule has 0 aromatic carbocycles. The molecule has 0 aromatic rings. The van der Waals surface area contributed by atoms with Crippen LogP contribution in [0.3, 0.4) is 0 Å². The molecule has 0 aromatic heterocycles. The Kier molecular flexibility index (Phi) is 6.26. The van der Waals surface area contributed by atoms with Gasteiger partial charge in [-0.15, -0.1) is 0 Å². The number of rotatable bonds is 7. The molecule has 18 heavy (non-hydrogen) atoms. The fraction of sp³-hybridized carbons (Fsp3) is 0.929. The van der Waals surface area contributed by atoms with Gasteiger partial charge in [0, 0.05) is 18.4 Å². The summed E-state index contributed by atoms with van der Waals surface area (Å²) in [5.41, 5.74) is -0.448. The summed E-state index contributed by atoms with van der Waals surface area (Å²) >= 11 is 0. The van der Waals surface area contributed by atoms with Crippen molar-refractivity contribution < 1.29 is 19.4 Å². The smallest absolute Gasteiger partial charge is 0.157 e. The normalized spacial score (nSPS) is 24.6. The highest BCUT2D eigenvalue weighted by molar-refractivity contribution is 5.50. The van der Waals surface area contributed by atoms with Crippen molar-refractivity contribution in [1.82, 2.24) is 0 Å². The molecule has 0 bridgehead atoms. The molecule has 4 heteroatoms. The van der Waals surface area contributed by atoms with Crippen LogP contribution in [0.5, 0.6) is 0 Å². The Hall–Kier alpha value is -0.450. The molecular weight excluding hydrogens is 232 g/mol. The first-order valence-corrected chi connectivity index (χ1v) is 6.91. The third-order valence-electron chi connectivity index (χ3n) is 3.84. The minimum atomic E-state index is -0.481. The summed E-state index contributed by atoms with van der Waals surface area (Å²) in [6.07, 6.45) is 3.83. The molecule has 0 aliphatic carbocycles. The summed E-state index contributed by atoms with van der Waals surface area (Å²) in [5, 5.41) is 10.1. The third kappa shape index (κ3) is 4.04. The van der Waals surface area contributed by atoms with Crippen LogP contribution >= 0.6 is 0 Å². The number of aliphatic hydroxyl groups excluding tert-OH is 1. The Morgan fingerprint density at radius 2 is 2.22 bits per heavy atom. The largest absolute Gasteiger partial charge is 0.392 e. The molecule has 0 amide bonds. The van der Waals surface area contributed by atoms with Gasteiger partial charge in [0.25, 0.3) is 0 Å². The minimum absolute atomic E-state index is 0.230. The summed E-state index contributed by atoms with van der Waals surface area (Å²) in [6.45, 7) is 6.53. The number of ether oxygens (including phenoxy) is 2. The minimum Gasteiger partial charge on any atom is -0.392 e. The molecule has 1 fully saturated rings. The molecular formula is C14H26O4. The second kappa shape index (κ2) is 7.22. The van der Waals surface area contributed by atoms with E-state index in [-0.39, 0.29) is 12.4 Å². The molecule has 0 unspecified atom stereocenters. The molecule has 1 aliphatic heterocycles. The van der Waals surface area contributed by atoms with Gasteiger partial charge in [0.2, 0.25) is 0 Å². The third-order valence-corrected chi connectivity index (χ3v) is 3.84. The summed E-state index contributed by atoms with van der Waals surface area (Å²) in [7, 11) is 0. The Balaban J connectivity index is 2.64. The lowest BCUT2D eigenvalue weighted by molar-refractivity contribution is -0.220. The van der Waals surface area contributed by atoms with E-state index in [2.05, 4.69) is 0 Å².